The number of carbonyl (C=O) groups is 2. The molecule has 150 valence electrons. The van der Waals surface area contributed by atoms with Crippen molar-refractivity contribution in [3.8, 4) is 16.2 Å². The molecule has 1 amide bonds. The number of ether oxygens (including phenoxy) is 2. The number of aryl methyl sites for hydroxylation is 2. The van der Waals surface area contributed by atoms with E-state index in [2.05, 4.69) is 5.32 Å². The predicted molar refractivity (Wildman–Crippen MR) is 109 cm³/mol. The molecule has 2 aromatic heterocycles. The van der Waals surface area contributed by atoms with E-state index in [0.717, 1.165) is 34.6 Å². The van der Waals surface area contributed by atoms with Gasteiger partial charge in [-0.1, -0.05) is 0 Å². The quantitative estimate of drug-likeness (QED) is 0.621. The second-order valence-corrected chi connectivity index (χ2v) is 7.88. The highest BCUT2D eigenvalue weighted by molar-refractivity contribution is 7.17. The first-order valence-corrected chi connectivity index (χ1v) is 10.2. The SMILES string of the molecule is COc1ccc2c(c1)CCc1cc(C(=O)OC(C)C(=O)NCc3ccco3)sc1-2. The molecule has 1 N–H and O–H groups in total. The van der Waals surface area contributed by atoms with Crippen LogP contribution in [0.3, 0.4) is 0 Å². The average Bonchev–Trinajstić information content (AvgIpc) is 3.41. The van der Waals surface area contributed by atoms with E-state index >= 15 is 0 Å². The van der Waals surface area contributed by atoms with Crippen LogP contribution in [0, 0.1) is 0 Å². The van der Waals surface area contributed by atoms with Crippen molar-refractivity contribution in [3.63, 3.8) is 0 Å². The molecule has 3 aromatic rings. The zero-order valence-electron chi connectivity index (χ0n) is 16.2. The number of benzene rings is 1. The number of rotatable bonds is 6. The molecule has 0 bridgehead atoms. The van der Waals surface area contributed by atoms with E-state index in [1.807, 2.05) is 24.3 Å². The molecule has 1 atom stereocenters. The molecule has 0 fully saturated rings. The summed E-state index contributed by atoms with van der Waals surface area (Å²) in [5.41, 5.74) is 3.47. The van der Waals surface area contributed by atoms with E-state index in [0.29, 0.717) is 10.6 Å². The van der Waals surface area contributed by atoms with Gasteiger partial charge >= 0.3 is 5.97 Å². The van der Waals surface area contributed by atoms with Crippen LogP contribution < -0.4 is 10.1 Å². The van der Waals surface area contributed by atoms with Crippen LogP contribution >= 0.6 is 11.3 Å². The van der Waals surface area contributed by atoms with Gasteiger partial charge in [0.15, 0.2) is 6.10 Å². The van der Waals surface area contributed by atoms with E-state index in [1.54, 1.807) is 26.2 Å². The van der Waals surface area contributed by atoms with E-state index in [9.17, 15) is 9.59 Å². The lowest BCUT2D eigenvalue weighted by molar-refractivity contribution is -0.129. The maximum atomic E-state index is 12.6. The largest absolute Gasteiger partial charge is 0.497 e. The smallest absolute Gasteiger partial charge is 0.349 e. The second kappa shape index (κ2) is 8.13. The number of esters is 1. The maximum absolute atomic E-state index is 12.6. The van der Waals surface area contributed by atoms with Crippen molar-refractivity contribution in [3.05, 3.63) is 64.4 Å². The van der Waals surface area contributed by atoms with Gasteiger partial charge < -0.3 is 19.2 Å². The lowest BCUT2D eigenvalue weighted by atomic mass is 9.91. The molecule has 1 aliphatic carbocycles. The first-order chi connectivity index (χ1) is 14.0. The average molecular weight is 411 g/mol. The minimum Gasteiger partial charge on any atom is -0.497 e. The van der Waals surface area contributed by atoms with Crippen LogP contribution in [0.5, 0.6) is 5.75 Å². The minimum atomic E-state index is -0.895. The fourth-order valence-electron chi connectivity index (χ4n) is 3.34. The van der Waals surface area contributed by atoms with Crippen LogP contribution in [-0.2, 0) is 28.9 Å². The fraction of sp³-hybridized carbons (Fsp3) is 0.273. The number of carbonyl (C=O) groups excluding carboxylic acids is 2. The Bertz CT molecular complexity index is 1040. The van der Waals surface area contributed by atoms with Crippen molar-refractivity contribution in [2.45, 2.75) is 32.4 Å². The molecule has 0 aliphatic heterocycles. The summed E-state index contributed by atoms with van der Waals surface area (Å²) in [5, 5.41) is 2.70. The first kappa shape index (κ1) is 19.3. The molecule has 1 aromatic carbocycles. The number of amides is 1. The van der Waals surface area contributed by atoms with Crippen LogP contribution in [0.25, 0.3) is 10.4 Å². The molecule has 29 heavy (non-hydrogen) atoms. The molecule has 2 heterocycles. The van der Waals surface area contributed by atoms with E-state index < -0.39 is 12.1 Å². The molecule has 0 spiro atoms. The lowest BCUT2D eigenvalue weighted by Gasteiger charge is -2.16. The van der Waals surface area contributed by atoms with E-state index in [4.69, 9.17) is 13.9 Å². The molecular formula is C22H21NO5S. The van der Waals surface area contributed by atoms with Gasteiger partial charge in [-0.05, 0) is 72.9 Å². The number of methoxy groups -OCH3 is 1. The fourth-order valence-corrected chi connectivity index (χ4v) is 4.49. The number of hydrogen-bond acceptors (Lipinski definition) is 6. The third-order valence-corrected chi connectivity index (χ3v) is 6.09. The summed E-state index contributed by atoms with van der Waals surface area (Å²) in [6.07, 6.45) is 2.40. The van der Waals surface area contributed by atoms with Crippen molar-refractivity contribution in [1.82, 2.24) is 5.32 Å². The molecule has 0 saturated carbocycles. The summed E-state index contributed by atoms with van der Waals surface area (Å²) in [4.78, 5) is 26.4. The molecule has 1 unspecified atom stereocenters. The van der Waals surface area contributed by atoms with Gasteiger partial charge in [0.25, 0.3) is 5.91 Å². The van der Waals surface area contributed by atoms with Gasteiger partial charge in [-0.25, -0.2) is 4.79 Å². The van der Waals surface area contributed by atoms with Crippen LogP contribution in [0.4, 0.5) is 0 Å². The standard InChI is InChI=1S/C22H21NO5S/c1-13(21(24)23-12-17-4-3-9-27-17)28-22(25)19-11-15-6-5-14-10-16(26-2)7-8-18(14)20(15)29-19/h3-4,7-11,13H,5-6,12H2,1-2H3,(H,23,24). The molecule has 0 radical (unpaired) electrons. The van der Waals surface area contributed by atoms with Crippen molar-refractivity contribution >= 4 is 23.2 Å². The summed E-state index contributed by atoms with van der Waals surface area (Å²) in [7, 11) is 1.65. The van der Waals surface area contributed by atoms with Crippen molar-refractivity contribution in [2.75, 3.05) is 7.11 Å². The zero-order valence-corrected chi connectivity index (χ0v) is 17.0. The monoisotopic (exact) mass is 411 g/mol. The Morgan fingerprint density at radius 1 is 1.21 bits per heavy atom. The molecule has 1 aliphatic rings. The number of nitrogens with one attached hydrogen (secondary N) is 1. The summed E-state index contributed by atoms with van der Waals surface area (Å²) in [5.74, 6) is 0.615. The number of hydrogen-bond donors (Lipinski definition) is 1. The van der Waals surface area contributed by atoms with Gasteiger partial charge in [0, 0.05) is 4.88 Å². The Balaban J connectivity index is 1.43. The second-order valence-electron chi connectivity index (χ2n) is 6.83. The number of fused-ring (bicyclic) bond motifs is 3. The van der Waals surface area contributed by atoms with Crippen molar-refractivity contribution in [1.29, 1.82) is 0 Å². The van der Waals surface area contributed by atoms with Crippen LogP contribution in [0.1, 0.15) is 33.5 Å². The normalized spacial score (nSPS) is 13.2. The zero-order chi connectivity index (χ0) is 20.4. The Kier molecular flexibility index (Phi) is 5.40. The number of thiophene rings is 1. The Labute approximate surface area is 172 Å². The molecule has 6 nitrogen and oxygen atoms in total. The molecule has 0 saturated heterocycles. The van der Waals surface area contributed by atoms with Gasteiger partial charge in [0.1, 0.15) is 16.4 Å². The lowest BCUT2D eigenvalue weighted by Crippen LogP contribution is -2.35. The Hall–Kier alpha value is -3.06. The van der Waals surface area contributed by atoms with Crippen molar-refractivity contribution in [2.24, 2.45) is 0 Å². The molecular weight excluding hydrogens is 390 g/mol. The van der Waals surface area contributed by atoms with E-state index in [-0.39, 0.29) is 12.5 Å². The topological polar surface area (TPSA) is 77.8 Å². The van der Waals surface area contributed by atoms with Crippen LogP contribution in [0.15, 0.2) is 47.1 Å². The highest BCUT2D eigenvalue weighted by Gasteiger charge is 2.25. The third-order valence-electron chi connectivity index (χ3n) is 4.90. The third kappa shape index (κ3) is 4.05. The van der Waals surface area contributed by atoms with Crippen LogP contribution in [-0.4, -0.2) is 25.1 Å². The maximum Gasteiger partial charge on any atom is 0.349 e. The van der Waals surface area contributed by atoms with Gasteiger partial charge in [0.2, 0.25) is 0 Å². The van der Waals surface area contributed by atoms with Crippen molar-refractivity contribution < 1.29 is 23.5 Å². The van der Waals surface area contributed by atoms with Gasteiger partial charge in [-0.3, -0.25) is 4.79 Å². The first-order valence-electron chi connectivity index (χ1n) is 9.36. The Morgan fingerprint density at radius 3 is 2.79 bits per heavy atom. The highest BCUT2D eigenvalue weighted by Crippen LogP contribution is 2.41. The molecule has 4 rings (SSSR count). The highest BCUT2D eigenvalue weighted by atomic mass is 32.1. The summed E-state index contributed by atoms with van der Waals surface area (Å²) < 4.78 is 15.9. The minimum absolute atomic E-state index is 0.251. The molecule has 7 heteroatoms. The van der Waals surface area contributed by atoms with E-state index in [1.165, 1.54) is 23.2 Å². The predicted octanol–water partition coefficient (Wildman–Crippen LogP) is 3.98. The number of furan rings is 1. The summed E-state index contributed by atoms with van der Waals surface area (Å²) in [6, 6.07) is 11.4. The Morgan fingerprint density at radius 2 is 2.03 bits per heavy atom. The van der Waals surface area contributed by atoms with Crippen LogP contribution in [0.2, 0.25) is 0 Å². The van der Waals surface area contributed by atoms with Gasteiger partial charge in [-0.15, -0.1) is 11.3 Å². The summed E-state index contributed by atoms with van der Waals surface area (Å²) >= 11 is 1.40. The van der Waals surface area contributed by atoms with Gasteiger partial charge in [-0.2, -0.15) is 0 Å². The summed E-state index contributed by atoms with van der Waals surface area (Å²) in [6.45, 7) is 1.81. The van der Waals surface area contributed by atoms with Gasteiger partial charge in [0.05, 0.1) is 19.9 Å².